The topological polar surface area (TPSA) is 80.7 Å². The number of aromatic hydroxyl groups is 1. The van der Waals surface area contributed by atoms with Gasteiger partial charge >= 0.3 is 0 Å². The van der Waals surface area contributed by atoms with Crippen LogP contribution in [0, 0.1) is 0 Å². The highest BCUT2D eigenvalue weighted by atomic mass is 32.2. The third kappa shape index (κ3) is 4.27. The first-order chi connectivity index (χ1) is 10.9. The Morgan fingerprint density at radius 1 is 1.48 bits per heavy atom. The fourth-order valence-corrected chi connectivity index (χ4v) is 3.87. The standard InChI is InChI=1S/C15H15NO4S3/c1-22-7-6-11(14(19)20)16-13(18)12(23-15(16)21)8-9-2-4-10(17)5-3-9/h2-5,8,11,17H,6-7H2,1H3,(H,19,20)/p-1/b12-8+/t11-/m1/s1. The second-order valence-corrected chi connectivity index (χ2v) is 7.42. The molecule has 0 saturated carbocycles. The van der Waals surface area contributed by atoms with Gasteiger partial charge in [-0.15, -0.1) is 0 Å². The Bertz CT molecular complexity index is 657. The van der Waals surface area contributed by atoms with Crippen molar-refractivity contribution in [3.05, 3.63) is 34.7 Å². The second-order valence-electron chi connectivity index (χ2n) is 4.76. The van der Waals surface area contributed by atoms with E-state index in [2.05, 4.69) is 0 Å². The minimum absolute atomic E-state index is 0.129. The number of carbonyl (C=O) groups excluding carboxylic acids is 2. The maximum atomic E-state index is 12.5. The number of thiocarbonyl (C=S) groups is 1. The van der Waals surface area contributed by atoms with Crippen molar-refractivity contribution in [3.63, 3.8) is 0 Å². The molecule has 5 nitrogen and oxygen atoms in total. The number of thioether (sulfide) groups is 2. The fraction of sp³-hybridized carbons (Fsp3) is 0.267. The molecule has 122 valence electrons. The number of amides is 1. The van der Waals surface area contributed by atoms with Crippen LogP contribution in [0.15, 0.2) is 29.2 Å². The summed E-state index contributed by atoms with van der Waals surface area (Å²) >= 11 is 7.73. The maximum absolute atomic E-state index is 12.5. The van der Waals surface area contributed by atoms with Gasteiger partial charge in [-0.3, -0.25) is 9.69 Å². The van der Waals surface area contributed by atoms with Crippen molar-refractivity contribution in [2.45, 2.75) is 12.5 Å². The normalized spacial score (nSPS) is 17.8. The molecule has 1 fully saturated rings. The first-order valence-electron chi connectivity index (χ1n) is 6.70. The lowest BCUT2D eigenvalue weighted by atomic mass is 10.1. The maximum Gasteiger partial charge on any atom is 0.266 e. The fourth-order valence-electron chi connectivity index (χ4n) is 2.05. The number of phenols is 1. The zero-order valence-electron chi connectivity index (χ0n) is 12.2. The molecular weight excluding hydrogens is 354 g/mol. The highest BCUT2D eigenvalue weighted by Crippen LogP contribution is 2.34. The van der Waals surface area contributed by atoms with E-state index in [4.69, 9.17) is 12.2 Å². The van der Waals surface area contributed by atoms with Crippen molar-refractivity contribution in [1.29, 1.82) is 0 Å². The van der Waals surface area contributed by atoms with Crippen LogP contribution in [0.25, 0.3) is 6.08 Å². The van der Waals surface area contributed by atoms with Crippen LogP contribution in [0.2, 0.25) is 0 Å². The van der Waals surface area contributed by atoms with E-state index in [0.717, 1.165) is 22.2 Å². The van der Waals surface area contributed by atoms with Crippen molar-refractivity contribution in [3.8, 4) is 5.75 Å². The van der Waals surface area contributed by atoms with Crippen LogP contribution in [-0.4, -0.2) is 44.3 Å². The van der Waals surface area contributed by atoms with E-state index < -0.39 is 17.9 Å². The van der Waals surface area contributed by atoms with Crippen LogP contribution in [0.5, 0.6) is 5.75 Å². The van der Waals surface area contributed by atoms with E-state index >= 15 is 0 Å². The van der Waals surface area contributed by atoms with Crippen LogP contribution in [-0.2, 0) is 9.59 Å². The Morgan fingerprint density at radius 2 is 2.13 bits per heavy atom. The second kappa shape index (κ2) is 7.85. The van der Waals surface area contributed by atoms with Gasteiger partial charge in [0.15, 0.2) is 0 Å². The van der Waals surface area contributed by atoms with Crippen LogP contribution in [0.1, 0.15) is 12.0 Å². The first-order valence-corrected chi connectivity index (χ1v) is 9.31. The molecule has 1 N–H and O–H groups in total. The lowest BCUT2D eigenvalue weighted by Crippen LogP contribution is -2.50. The minimum atomic E-state index is -1.30. The van der Waals surface area contributed by atoms with E-state index in [1.165, 1.54) is 23.9 Å². The summed E-state index contributed by atoms with van der Waals surface area (Å²) in [4.78, 5) is 25.3. The molecule has 1 amide bonds. The van der Waals surface area contributed by atoms with Gasteiger partial charge in [-0.05, 0) is 42.2 Å². The van der Waals surface area contributed by atoms with E-state index in [9.17, 15) is 19.8 Å². The highest BCUT2D eigenvalue weighted by molar-refractivity contribution is 8.26. The summed E-state index contributed by atoms with van der Waals surface area (Å²) in [6.07, 6.45) is 3.77. The molecule has 1 aliphatic heterocycles. The molecule has 8 heteroatoms. The number of aliphatic carboxylic acids is 1. The molecule has 1 atom stereocenters. The third-order valence-electron chi connectivity index (χ3n) is 3.19. The van der Waals surface area contributed by atoms with Gasteiger partial charge < -0.3 is 15.0 Å². The Kier molecular flexibility index (Phi) is 6.09. The van der Waals surface area contributed by atoms with Crippen molar-refractivity contribution < 1.29 is 19.8 Å². The zero-order chi connectivity index (χ0) is 17.0. The van der Waals surface area contributed by atoms with Gasteiger partial charge in [0.05, 0.1) is 16.9 Å². The Balaban J connectivity index is 2.24. The molecule has 0 spiro atoms. The molecule has 1 aliphatic rings. The van der Waals surface area contributed by atoms with Crippen molar-refractivity contribution in [1.82, 2.24) is 4.90 Å². The predicted molar refractivity (Wildman–Crippen MR) is 94.9 cm³/mol. The summed E-state index contributed by atoms with van der Waals surface area (Å²) in [5.41, 5.74) is 0.720. The van der Waals surface area contributed by atoms with Gasteiger partial charge in [0.1, 0.15) is 10.1 Å². The highest BCUT2D eigenvalue weighted by Gasteiger charge is 2.37. The predicted octanol–water partition coefficient (Wildman–Crippen LogP) is 1.46. The Hall–Kier alpha value is -1.51. The number of benzene rings is 1. The van der Waals surface area contributed by atoms with Crippen LogP contribution >= 0.6 is 35.7 Å². The lowest BCUT2D eigenvalue weighted by molar-refractivity contribution is -0.310. The van der Waals surface area contributed by atoms with Crippen molar-refractivity contribution in [2.24, 2.45) is 0 Å². The Morgan fingerprint density at radius 3 is 2.70 bits per heavy atom. The molecule has 2 rings (SSSR count). The van der Waals surface area contributed by atoms with Crippen LogP contribution in [0.3, 0.4) is 0 Å². The molecule has 0 aliphatic carbocycles. The summed E-state index contributed by atoms with van der Waals surface area (Å²) < 4.78 is 0.218. The molecule has 1 aromatic carbocycles. The van der Waals surface area contributed by atoms with Gasteiger partial charge in [0.2, 0.25) is 0 Å². The molecule has 0 bridgehead atoms. The van der Waals surface area contributed by atoms with Gasteiger partial charge in [0.25, 0.3) is 5.91 Å². The number of hydrogen-bond donors (Lipinski definition) is 1. The van der Waals surface area contributed by atoms with E-state index in [0.29, 0.717) is 10.7 Å². The minimum Gasteiger partial charge on any atom is -0.548 e. The van der Waals surface area contributed by atoms with E-state index in [1.807, 2.05) is 6.26 Å². The SMILES string of the molecule is CSCC[C@H](C(=O)[O-])N1C(=O)/C(=C\c2ccc(O)cc2)SC1=S. The van der Waals surface area contributed by atoms with E-state index in [1.54, 1.807) is 18.2 Å². The van der Waals surface area contributed by atoms with Gasteiger partial charge in [0, 0.05) is 0 Å². The molecule has 0 unspecified atom stereocenters. The average Bonchev–Trinajstić information content (AvgIpc) is 2.77. The quantitative estimate of drug-likeness (QED) is 0.601. The van der Waals surface area contributed by atoms with Crippen molar-refractivity contribution >= 4 is 58.0 Å². The molecule has 1 saturated heterocycles. The monoisotopic (exact) mass is 368 g/mol. The number of nitrogens with zero attached hydrogens (tertiary/aromatic N) is 1. The molecule has 1 heterocycles. The summed E-state index contributed by atoms with van der Waals surface area (Å²) in [6.45, 7) is 0. The van der Waals surface area contributed by atoms with Crippen LogP contribution < -0.4 is 5.11 Å². The molecule has 0 radical (unpaired) electrons. The average molecular weight is 368 g/mol. The number of hydrogen-bond acceptors (Lipinski definition) is 7. The number of phenolic OH excluding ortho intramolecular Hbond substituents is 1. The zero-order valence-corrected chi connectivity index (χ0v) is 14.7. The molecule has 1 aromatic rings. The number of carboxylic acids is 1. The largest absolute Gasteiger partial charge is 0.548 e. The number of rotatable bonds is 6. The summed E-state index contributed by atoms with van der Waals surface area (Å²) in [6, 6.07) is 5.28. The lowest BCUT2D eigenvalue weighted by Gasteiger charge is -2.27. The summed E-state index contributed by atoms with van der Waals surface area (Å²) in [5.74, 6) is -1.01. The van der Waals surface area contributed by atoms with Gasteiger partial charge in [-0.1, -0.05) is 36.1 Å². The Labute approximate surface area is 147 Å². The summed E-state index contributed by atoms with van der Waals surface area (Å²) in [7, 11) is 0. The smallest absolute Gasteiger partial charge is 0.266 e. The number of carboxylic acid groups (broad SMARTS) is 1. The molecule has 23 heavy (non-hydrogen) atoms. The van der Waals surface area contributed by atoms with Gasteiger partial charge in [-0.25, -0.2) is 0 Å². The third-order valence-corrected chi connectivity index (χ3v) is 5.17. The summed E-state index contributed by atoms with van der Waals surface area (Å²) in [5, 5.41) is 20.6. The van der Waals surface area contributed by atoms with E-state index in [-0.39, 0.29) is 16.5 Å². The number of carbonyl (C=O) groups is 2. The van der Waals surface area contributed by atoms with Crippen LogP contribution in [0.4, 0.5) is 0 Å². The molecule has 0 aromatic heterocycles. The first kappa shape index (κ1) is 17.8. The molecular formula is C15H14NO4S3-. The van der Waals surface area contributed by atoms with Gasteiger partial charge in [-0.2, -0.15) is 11.8 Å². The van der Waals surface area contributed by atoms with Crippen molar-refractivity contribution in [2.75, 3.05) is 12.0 Å².